The Labute approximate surface area is 112 Å². The summed E-state index contributed by atoms with van der Waals surface area (Å²) in [6, 6.07) is 6.47. The van der Waals surface area contributed by atoms with Gasteiger partial charge in [-0.3, -0.25) is 4.79 Å². The van der Waals surface area contributed by atoms with E-state index in [9.17, 15) is 9.59 Å². The van der Waals surface area contributed by atoms with Gasteiger partial charge in [0.05, 0.1) is 6.54 Å². The Hall–Kier alpha value is -2.08. The van der Waals surface area contributed by atoms with E-state index in [0.717, 1.165) is 6.42 Å². The first-order valence-corrected chi connectivity index (χ1v) is 6.21. The number of benzene rings is 1. The van der Waals surface area contributed by atoms with Crippen molar-refractivity contribution in [1.82, 2.24) is 5.32 Å². The van der Waals surface area contributed by atoms with Crippen LogP contribution in [0, 0.1) is 0 Å². The minimum absolute atomic E-state index is 0.128. The van der Waals surface area contributed by atoms with Gasteiger partial charge in [-0.2, -0.15) is 0 Å². The number of nitrogens with two attached hydrogens (primary N) is 1. The lowest BCUT2D eigenvalue weighted by Crippen LogP contribution is -2.33. The normalized spacial score (nSPS) is 11.7. The fourth-order valence-corrected chi connectivity index (χ4v) is 1.43. The van der Waals surface area contributed by atoms with Crippen molar-refractivity contribution in [2.24, 2.45) is 5.73 Å². The molecule has 6 nitrogen and oxygen atoms in total. The minimum Gasteiger partial charge on any atom is -0.351 e. The van der Waals surface area contributed by atoms with Crippen molar-refractivity contribution in [2.75, 3.05) is 17.2 Å². The number of nitrogens with one attached hydrogen (secondary N) is 3. The van der Waals surface area contributed by atoms with E-state index in [1.165, 1.54) is 0 Å². The topological polar surface area (TPSA) is 96.2 Å². The van der Waals surface area contributed by atoms with Crippen LogP contribution in [0.2, 0.25) is 0 Å². The van der Waals surface area contributed by atoms with E-state index in [2.05, 4.69) is 22.9 Å². The maximum Gasteiger partial charge on any atom is 0.316 e. The molecule has 0 heterocycles. The molecule has 1 aromatic rings. The summed E-state index contributed by atoms with van der Waals surface area (Å²) in [7, 11) is 0. The van der Waals surface area contributed by atoms with Gasteiger partial charge in [0.25, 0.3) is 0 Å². The fourth-order valence-electron chi connectivity index (χ4n) is 1.43. The van der Waals surface area contributed by atoms with Gasteiger partial charge in [-0.1, -0.05) is 13.0 Å². The lowest BCUT2D eigenvalue weighted by molar-refractivity contribution is -0.115. The fraction of sp³-hybridized carbons (Fsp3) is 0.385. The third kappa shape index (κ3) is 5.87. The number of rotatable bonds is 6. The second kappa shape index (κ2) is 7.38. The molecule has 0 radical (unpaired) electrons. The molecule has 0 aromatic heterocycles. The molecule has 0 aliphatic carbocycles. The highest BCUT2D eigenvalue weighted by atomic mass is 16.2. The standard InChI is InChI=1S/C13H20N4O2/c1-3-9(2)15-8-12(18)16-10-5-4-6-11(7-10)17-13(14)19/h4-7,9,15H,3,8H2,1-2H3,(H,16,18)(H3,14,17,19). The quantitative estimate of drug-likeness (QED) is 0.627. The molecule has 0 saturated heterocycles. The van der Waals surface area contributed by atoms with Gasteiger partial charge in [0, 0.05) is 17.4 Å². The molecule has 1 atom stereocenters. The molecule has 6 heteroatoms. The Balaban J connectivity index is 2.52. The van der Waals surface area contributed by atoms with Crippen LogP contribution in [0.5, 0.6) is 0 Å². The van der Waals surface area contributed by atoms with Crippen molar-refractivity contribution in [2.45, 2.75) is 26.3 Å². The summed E-state index contributed by atoms with van der Waals surface area (Å²) < 4.78 is 0. The summed E-state index contributed by atoms with van der Waals surface area (Å²) in [5, 5.41) is 8.29. The zero-order chi connectivity index (χ0) is 14.3. The van der Waals surface area contributed by atoms with E-state index in [4.69, 9.17) is 5.73 Å². The molecule has 0 aliphatic rings. The SMILES string of the molecule is CCC(C)NCC(=O)Nc1cccc(NC(N)=O)c1. The van der Waals surface area contributed by atoms with Gasteiger partial charge in [0.15, 0.2) is 0 Å². The van der Waals surface area contributed by atoms with Gasteiger partial charge in [0.1, 0.15) is 0 Å². The molecule has 104 valence electrons. The van der Waals surface area contributed by atoms with Crippen LogP contribution in [-0.4, -0.2) is 24.5 Å². The third-order valence-corrected chi connectivity index (χ3v) is 2.64. The van der Waals surface area contributed by atoms with Crippen LogP contribution in [-0.2, 0) is 4.79 Å². The van der Waals surface area contributed by atoms with Crippen LogP contribution < -0.4 is 21.7 Å². The van der Waals surface area contributed by atoms with Crippen LogP contribution in [0.3, 0.4) is 0 Å². The van der Waals surface area contributed by atoms with Crippen LogP contribution in [0.4, 0.5) is 16.2 Å². The summed E-state index contributed by atoms with van der Waals surface area (Å²) in [6.07, 6.45) is 0.964. The number of urea groups is 1. The van der Waals surface area contributed by atoms with Crippen molar-refractivity contribution in [3.8, 4) is 0 Å². The van der Waals surface area contributed by atoms with Gasteiger partial charge in [0.2, 0.25) is 5.91 Å². The van der Waals surface area contributed by atoms with E-state index >= 15 is 0 Å². The summed E-state index contributed by atoms with van der Waals surface area (Å²) in [6.45, 7) is 4.32. The summed E-state index contributed by atoms with van der Waals surface area (Å²) in [4.78, 5) is 22.4. The molecule has 0 aliphatic heterocycles. The first-order chi connectivity index (χ1) is 9.01. The van der Waals surface area contributed by atoms with Crippen LogP contribution >= 0.6 is 0 Å². The van der Waals surface area contributed by atoms with Gasteiger partial charge >= 0.3 is 6.03 Å². The lowest BCUT2D eigenvalue weighted by atomic mass is 10.2. The summed E-state index contributed by atoms with van der Waals surface area (Å²) >= 11 is 0. The van der Waals surface area contributed by atoms with Crippen molar-refractivity contribution in [3.63, 3.8) is 0 Å². The van der Waals surface area contributed by atoms with Crippen molar-refractivity contribution in [1.29, 1.82) is 0 Å². The zero-order valence-electron chi connectivity index (χ0n) is 11.2. The van der Waals surface area contributed by atoms with Crippen LogP contribution in [0.1, 0.15) is 20.3 Å². The van der Waals surface area contributed by atoms with Crippen LogP contribution in [0.15, 0.2) is 24.3 Å². The number of hydrogen-bond donors (Lipinski definition) is 4. The van der Waals surface area contributed by atoms with E-state index in [0.29, 0.717) is 17.4 Å². The van der Waals surface area contributed by atoms with E-state index < -0.39 is 6.03 Å². The minimum atomic E-state index is -0.637. The highest BCUT2D eigenvalue weighted by Crippen LogP contribution is 2.14. The number of primary amides is 1. The molecule has 1 rings (SSSR count). The molecule has 0 fully saturated rings. The molecule has 3 amide bonds. The zero-order valence-corrected chi connectivity index (χ0v) is 11.2. The summed E-state index contributed by atoms with van der Waals surface area (Å²) in [5.74, 6) is -0.128. The first kappa shape index (κ1) is 15.0. The molecule has 5 N–H and O–H groups in total. The Morgan fingerprint density at radius 2 is 1.89 bits per heavy atom. The first-order valence-electron chi connectivity index (χ1n) is 6.21. The second-order valence-electron chi connectivity index (χ2n) is 4.31. The molecule has 1 unspecified atom stereocenters. The Morgan fingerprint density at radius 1 is 1.26 bits per heavy atom. The van der Waals surface area contributed by atoms with Gasteiger partial charge in [-0.25, -0.2) is 4.79 Å². The highest BCUT2D eigenvalue weighted by Gasteiger charge is 2.05. The number of anilines is 2. The number of carbonyl (C=O) groups excluding carboxylic acids is 2. The smallest absolute Gasteiger partial charge is 0.316 e. The Morgan fingerprint density at radius 3 is 2.47 bits per heavy atom. The van der Waals surface area contributed by atoms with Crippen LogP contribution in [0.25, 0.3) is 0 Å². The molecular formula is C13H20N4O2. The lowest BCUT2D eigenvalue weighted by Gasteiger charge is -2.11. The maximum absolute atomic E-state index is 11.7. The Kier molecular flexibility index (Phi) is 5.81. The maximum atomic E-state index is 11.7. The number of hydrogen-bond acceptors (Lipinski definition) is 3. The Bertz CT molecular complexity index is 448. The second-order valence-corrected chi connectivity index (χ2v) is 4.31. The van der Waals surface area contributed by atoms with Gasteiger partial charge in [-0.05, 0) is 31.5 Å². The van der Waals surface area contributed by atoms with Gasteiger partial charge < -0.3 is 21.7 Å². The molecule has 0 spiro atoms. The molecule has 0 saturated carbocycles. The van der Waals surface area contributed by atoms with E-state index in [-0.39, 0.29) is 12.5 Å². The molecule has 19 heavy (non-hydrogen) atoms. The van der Waals surface area contributed by atoms with Crippen molar-refractivity contribution < 1.29 is 9.59 Å². The predicted octanol–water partition coefficient (Wildman–Crippen LogP) is 1.50. The highest BCUT2D eigenvalue weighted by molar-refractivity contribution is 5.94. The van der Waals surface area contributed by atoms with Gasteiger partial charge in [-0.15, -0.1) is 0 Å². The van der Waals surface area contributed by atoms with E-state index in [1.54, 1.807) is 24.3 Å². The van der Waals surface area contributed by atoms with E-state index in [1.807, 2.05) is 6.92 Å². The monoisotopic (exact) mass is 264 g/mol. The number of carbonyl (C=O) groups is 2. The average molecular weight is 264 g/mol. The molecule has 0 bridgehead atoms. The largest absolute Gasteiger partial charge is 0.351 e. The third-order valence-electron chi connectivity index (χ3n) is 2.64. The predicted molar refractivity (Wildman–Crippen MR) is 76.0 cm³/mol. The molecular weight excluding hydrogens is 244 g/mol. The number of amides is 3. The molecule has 1 aromatic carbocycles. The van der Waals surface area contributed by atoms with Crippen molar-refractivity contribution >= 4 is 23.3 Å². The summed E-state index contributed by atoms with van der Waals surface area (Å²) in [5.41, 5.74) is 6.18. The van der Waals surface area contributed by atoms with Crippen molar-refractivity contribution in [3.05, 3.63) is 24.3 Å². The average Bonchev–Trinajstić information content (AvgIpc) is 2.35.